The first-order valence-corrected chi connectivity index (χ1v) is 13.9. The lowest BCUT2D eigenvalue weighted by molar-refractivity contribution is 0.0644. The van der Waals surface area contributed by atoms with Crippen molar-refractivity contribution in [3.8, 4) is 12.8 Å². The summed E-state index contributed by atoms with van der Waals surface area (Å²) in [4.78, 5) is 10.5. The minimum atomic E-state index is -3.41. The molecule has 1 aromatic carbocycles. The van der Waals surface area contributed by atoms with Gasteiger partial charge < -0.3 is 9.52 Å². The summed E-state index contributed by atoms with van der Waals surface area (Å²) in [6, 6.07) is 3.02. The Morgan fingerprint density at radius 3 is 2.06 bits per heavy atom. The van der Waals surface area contributed by atoms with Crippen molar-refractivity contribution in [3.05, 3.63) is 51.8 Å². The molecule has 0 saturated heterocycles. The fourth-order valence-corrected chi connectivity index (χ4v) is 3.56. The van der Waals surface area contributed by atoms with Gasteiger partial charge in [0.05, 0.1) is 12.4 Å². The summed E-state index contributed by atoms with van der Waals surface area (Å²) >= 11 is 0. The number of H-pyrrole nitrogens is 1. The van der Waals surface area contributed by atoms with Gasteiger partial charge in [0.2, 0.25) is 15.9 Å². The van der Waals surface area contributed by atoms with Gasteiger partial charge in [-0.3, -0.25) is 0 Å². The van der Waals surface area contributed by atoms with Crippen molar-refractivity contribution >= 4 is 10.0 Å². The van der Waals surface area contributed by atoms with Crippen LogP contribution >= 0.6 is 0 Å². The summed E-state index contributed by atoms with van der Waals surface area (Å²) in [5.74, 6) is -1.16. The zero-order chi connectivity index (χ0) is 28.9. The second-order valence-corrected chi connectivity index (χ2v) is 8.59. The third-order valence-corrected chi connectivity index (χ3v) is 5.46. The molecule has 208 valence electrons. The van der Waals surface area contributed by atoms with Crippen LogP contribution in [0.5, 0.6) is 0 Å². The molecule has 0 bridgehead atoms. The van der Waals surface area contributed by atoms with Gasteiger partial charge in [-0.2, -0.15) is 4.31 Å². The standard InChI is InChI=1S/C11H15F2NO2S.C6H8N2O3.3C2H6.C2H2/c1-3-6-14(17(2,15)16)8-9-7-10(12)4-5-11(9)13;9-4-1-3(2-4)5-7-8-6(10)11-5;4*1-2/h4-5,7H,3,6,8H2,1-2H3;3-4,9H,1-2H2,(H,8,10);3*1-2H3;1-2H. The molecule has 0 amide bonds. The van der Waals surface area contributed by atoms with Gasteiger partial charge in [0.15, 0.2) is 0 Å². The maximum Gasteiger partial charge on any atom is 0.434 e. The van der Waals surface area contributed by atoms with Gasteiger partial charge >= 0.3 is 5.76 Å². The number of rotatable bonds is 6. The second kappa shape index (κ2) is 21.7. The van der Waals surface area contributed by atoms with Gasteiger partial charge in [-0.25, -0.2) is 27.1 Å². The number of hydrogen-bond acceptors (Lipinski definition) is 6. The average Bonchev–Trinajstić information content (AvgIpc) is 3.29. The Morgan fingerprint density at radius 2 is 1.67 bits per heavy atom. The van der Waals surface area contributed by atoms with E-state index >= 15 is 0 Å². The number of halogens is 2. The van der Waals surface area contributed by atoms with E-state index in [0.29, 0.717) is 25.2 Å². The highest BCUT2D eigenvalue weighted by atomic mass is 32.2. The van der Waals surface area contributed by atoms with Gasteiger partial charge in [0.1, 0.15) is 11.6 Å². The zero-order valence-electron chi connectivity index (χ0n) is 22.7. The van der Waals surface area contributed by atoms with E-state index < -0.39 is 27.4 Å². The number of aromatic amines is 1. The van der Waals surface area contributed by atoms with E-state index in [-0.39, 0.29) is 30.7 Å². The number of benzene rings is 1. The number of aromatic nitrogens is 2. The van der Waals surface area contributed by atoms with E-state index in [1.165, 1.54) is 0 Å². The molecule has 2 aromatic rings. The summed E-state index contributed by atoms with van der Waals surface area (Å²) < 4.78 is 55.0. The Hall–Kier alpha value is -2.55. The van der Waals surface area contributed by atoms with Crippen LogP contribution in [-0.4, -0.2) is 46.9 Å². The number of nitrogens with one attached hydrogen (secondary N) is 1. The van der Waals surface area contributed by atoms with Crippen molar-refractivity contribution in [1.82, 2.24) is 14.5 Å². The van der Waals surface area contributed by atoms with Gasteiger partial charge in [-0.1, -0.05) is 48.5 Å². The topological polar surface area (TPSA) is 117 Å². The molecule has 8 nitrogen and oxygen atoms in total. The van der Waals surface area contributed by atoms with E-state index in [0.717, 1.165) is 28.8 Å². The molecule has 1 aromatic heterocycles. The Morgan fingerprint density at radius 1 is 1.14 bits per heavy atom. The Labute approximate surface area is 215 Å². The largest absolute Gasteiger partial charge is 0.434 e. The quantitative estimate of drug-likeness (QED) is 0.499. The highest BCUT2D eigenvalue weighted by molar-refractivity contribution is 7.88. The lowest BCUT2D eigenvalue weighted by Crippen LogP contribution is -2.30. The highest BCUT2D eigenvalue weighted by Crippen LogP contribution is 2.34. The molecule has 1 aliphatic carbocycles. The van der Waals surface area contributed by atoms with Crippen LogP contribution in [0.2, 0.25) is 0 Å². The molecule has 2 N–H and O–H groups in total. The third-order valence-electron chi connectivity index (χ3n) is 4.21. The fraction of sp³-hybridized carbons (Fsp3) is 0.600. The second-order valence-electron chi connectivity index (χ2n) is 6.61. The van der Waals surface area contributed by atoms with Crippen molar-refractivity contribution < 1.29 is 26.7 Å². The smallest absolute Gasteiger partial charge is 0.393 e. The minimum absolute atomic E-state index is 0.0453. The lowest BCUT2D eigenvalue weighted by Gasteiger charge is -2.27. The third kappa shape index (κ3) is 14.8. The average molecular weight is 536 g/mol. The summed E-state index contributed by atoms with van der Waals surface area (Å²) in [6.45, 7) is 14.0. The predicted molar refractivity (Wildman–Crippen MR) is 141 cm³/mol. The van der Waals surface area contributed by atoms with Crippen LogP contribution in [0.4, 0.5) is 8.78 Å². The van der Waals surface area contributed by atoms with Crippen molar-refractivity contribution in [3.63, 3.8) is 0 Å². The van der Waals surface area contributed by atoms with Crippen LogP contribution in [0.25, 0.3) is 0 Å². The van der Waals surface area contributed by atoms with Crippen LogP contribution in [0.3, 0.4) is 0 Å². The monoisotopic (exact) mass is 535 g/mol. The van der Waals surface area contributed by atoms with Crippen LogP contribution < -0.4 is 5.76 Å². The molecule has 0 spiro atoms. The van der Waals surface area contributed by atoms with Crippen LogP contribution in [0, 0.1) is 24.5 Å². The molecule has 0 atom stereocenters. The van der Waals surface area contributed by atoms with E-state index in [1.54, 1.807) is 0 Å². The number of aliphatic hydroxyl groups is 1. The summed E-state index contributed by atoms with van der Waals surface area (Å²) in [5, 5.41) is 14.8. The van der Waals surface area contributed by atoms with Crippen LogP contribution in [-0.2, 0) is 16.6 Å². The molecule has 1 saturated carbocycles. The summed E-state index contributed by atoms with van der Waals surface area (Å²) in [7, 11) is -3.41. The molecule has 0 radical (unpaired) electrons. The van der Waals surface area contributed by atoms with Gasteiger partial charge in [-0.05, 0) is 37.5 Å². The number of hydrogen-bond donors (Lipinski definition) is 2. The van der Waals surface area contributed by atoms with Crippen molar-refractivity contribution in [2.45, 2.75) is 86.3 Å². The predicted octanol–water partition coefficient (Wildman–Crippen LogP) is 5.07. The SMILES string of the molecule is C#C.CC.CC.CC.CCCN(Cc1cc(F)ccc1F)S(C)(=O)=O.O=c1[nH]nc(C2CC(O)C2)o1. The van der Waals surface area contributed by atoms with Gasteiger partial charge in [0, 0.05) is 24.6 Å². The Balaban J connectivity index is -0.000000492. The maximum atomic E-state index is 13.4. The molecule has 1 fully saturated rings. The van der Waals surface area contributed by atoms with Crippen LogP contribution in [0.1, 0.15) is 85.1 Å². The number of sulfonamides is 1. The number of terminal acetylenes is 1. The molecule has 1 heterocycles. The molecule has 3 rings (SSSR count). The van der Waals surface area contributed by atoms with Gasteiger partial charge in [0.25, 0.3) is 0 Å². The number of aliphatic hydroxyl groups excluding tert-OH is 1. The summed E-state index contributed by atoms with van der Waals surface area (Å²) in [5.41, 5.74) is 0.0453. The zero-order valence-corrected chi connectivity index (χ0v) is 23.5. The highest BCUT2D eigenvalue weighted by Gasteiger charge is 2.32. The number of nitrogens with zero attached hydrogens (tertiary/aromatic N) is 2. The molecular weight excluding hydrogens is 492 g/mol. The van der Waals surface area contributed by atoms with Gasteiger partial charge in [-0.15, -0.1) is 17.9 Å². The Bertz CT molecular complexity index is 985. The molecule has 0 unspecified atom stereocenters. The maximum absolute atomic E-state index is 13.4. The molecule has 0 aliphatic heterocycles. The molecule has 11 heteroatoms. The molecular formula is C25H43F2N3O5S. The van der Waals surface area contributed by atoms with E-state index in [4.69, 9.17) is 9.52 Å². The minimum Gasteiger partial charge on any atom is -0.393 e. The van der Waals surface area contributed by atoms with E-state index in [9.17, 15) is 22.0 Å². The van der Waals surface area contributed by atoms with Crippen molar-refractivity contribution in [2.24, 2.45) is 0 Å². The first-order chi connectivity index (χ1) is 17.1. The Kier molecular flexibility index (Phi) is 22.9. The molecule has 1 aliphatic rings. The molecule has 36 heavy (non-hydrogen) atoms. The fourth-order valence-electron chi connectivity index (χ4n) is 2.67. The van der Waals surface area contributed by atoms with Crippen molar-refractivity contribution in [1.29, 1.82) is 0 Å². The summed E-state index contributed by atoms with van der Waals surface area (Å²) in [6.07, 6.45) is 10.7. The van der Waals surface area contributed by atoms with E-state index in [2.05, 4.69) is 23.0 Å². The lowest BCUT2D eigenvalue weighted by atomic mass is 9.82. The first-order valence-electron chi connectivity index (χ1n) is 12.1. The first kappa shape index (κ1) is 38.0. The van der Waals surface area contributed by atoms with E-state index in [1.807, 2.05) is 48.5 Å². The van der Waals surface area contributed by atoms with Crippen LogP contribution in [0.15, 0.2) is 27.4 Å². The van der Waals surface area contributed by atoms with Crippen molar-refractivity contribution in [2.75, 3.05) is 12.8 Å². The normalized spacial score (nSPS) is 15.4.